The van der Waals surface area contributed by atoms with Crippen molar-refractivity contribution in [1.29, 1.82) is 0 Å². The lowest BCUT2D eigenvalue weighted by atomic mass is 10.3. The molecule has 1 aromatic rings. The van der Waals surface area contributed by atoms with Crippen LogP contribution in [0.2, 0.25) is 5.02 Å². The summed E-state index contributed by atoms with van der Waals surface area (Å²) in [5.74, 6) is -4.05. The van der Waals surface area contributed by atoms with Gasteiger partial charge >= 0.3 is 12.3 Å². The number of rotatable bonds is 4. The second-order valence-electron chi connectivity index (χ2n) is 2.93. The summed E-state index contributed by atoms with van der Waals surface area (Å²) in [5, 5.41) is 0.414. The lowest BCUT2D eigenvalue weighted by Gasteiger charge is -2.16. The molecule has 0 saturated heterocycles. The molecule has 0 bridgehead atoms. The summed E-state index contributed by atoms with van der Waals surface area (Å²) in [5.41, 5.74) is 0. The Kier molecular flexibility index (Phi) is 4.66. The van der Waals surface area contributed by atoms with Gasteiger partial charge in [0.2, 0.25) is 0 Å². The van der Waals surface area contributed by atoms with Crippen LogP contribution in [-0.4, -0.2) is 19.0 Å². The van der Waals surface area contributed by atoms with Crippen molar-refractivity contribution in [3.63, 3.8) is 0 Å². The van der Waals surface area contributed by atoms with Gasteiger partial charge in [0.05, 0.1) is 3.57 Å². The lowest BCUT2D eigenvalue weighted by molar-refractivity contribution is -0.148. The fourth-order valence-corrected chi connectivity index (χ4v) is 1.86. The molecule has 90 valence electrons. The maximum absolute atomic E-state index is 12.5. The predicted octanol–water partition coefficient (Wildman–Crippen LogP) is 4.22. The van der Waals surface area contributed by atoms with Gasteiger partial charge < -0.3 is 4.74 Å². The van der Waals surface area contributed by atoms with Crippen LogP contribution in [-0.2, 0) is 0 Å². The second-order valence-corrected chi connectivity index (χ2v) is 4.52. The summed E-state index contributed by atoms with van der Waals surface area (Å²) in [6.45, 7) is -1.36. The summed E-state index contributed by atoms with van der Waals surface area (Å²) in [6.07, 6.45) is -3.74. The summed E-state index contributed by atoms with van der Waals surface area (Å²) in [7, 11) is 0. The van der Waals surface area contributed by atoms with E-state index < -0.39 is 19.0 Å². The van der Waals surface area contributed by atoms with Gasteiger partial charge in [-0.1, -0.05) is 11.6 Å². The third-order valence-electron chi connectivity index (χ3n) is 1.63. The molecule has 0 heterocycles. The van der Waals surface area contributed by atoms with E-state index >= 15 is 0 Å². The highest BCUT2D eigenvalue weighted by molar-refractivity contribution is 14.1. The molecule has 0 N–H and O–H groups in total. The smallest absolute Gasteiger partial charge is 0.340 e. The zero-order valence-corrected chi connectivity index (χ0v) is 10.6. The standard InChI is InChI=1S/C9H6ClF4IO/c10-5-1-2-7(6(15)3-5)16-4-9(13,14)8(11)12/h1-3,8H,4H2. The molecule has 0 aliphatic carbocycles. The topological polar surface area (TPSA) is 9.23 Å². The van der Waals surface area contributed by atoms with Crippen molar-refractivity contribution >= 4 is 34.2 Å². The summed E-state index contributed by atoms with van der Waals surface area (Å²) < 4.78 is 53.8. The normalized spacial score (nSPS) is 11.9. The maximum Gasteiger partial charge on any atom is 0.340 e. The zero-order valence-electron chi connectivity index (χ0n) is 7.69. The van der Waals surface area contributed by atoms with E-state index in [9.17, 15) is 17.6 Å². The highest BCUT2D eigenvalue weighted by atomic mass is 127. The number of benzene rings is 1. The molecule has 16 heavy (non-hydrogen) atoms. The van der Waals surface area contributed by atoms with E-state index in [1.165, 1.54) is 18.2 Å². The van der Waals surface area contributed by atoms with Gasteiger partial charge in [-0.25, -0.2) is 8.78 Å². The van der Waals surface area contributed by atoms with Crippen LogP contribution in [0.4, 0.5) is 17.6 Å². The Hall–Kier alpha value is -0.240. The SMILES string of the molecule is FC(F)C(F)(F)COc1ccc(Cl)cc1I. The van der Waals surface area contributed by atoms with Gasteiger partial charge in [-0.3, -0.25) is 0 Å². The largest absolute Gasteiger partial charge is 0.486 e. The van der Waals surface area contributed by atoms with Crippen LogP contribution in [0.1, 0.15) is 0 Å². The fraction of sp³-hybridized carbons (Fsp3) is 0.333. The highest BCUT2D eigenvalue weighted by Gasteiger charge is 2.41. The van der Waals surface area contributed by atoms with Crippen LogP contribution in [0.3, 0.4) is 0 Å². The molecule has 0 aliphatic rings. The van der Waals surface area contributed by atoms with Crippen molar-refractivity contribution in [1.82, 2.24) is 0 Å². The van der Waals surface area contributed by atoms with Crippen molar-refractivity contribution in [3.8, 4) is 5.75 Å². The van der Waals surface area contributed by atoms with Gasteiger partial charge in [0, 0.05) is 5.02 Å². The molecule has 1 nitrogen and oxygen atoms in total. The predicted molar refractivity (Wildman–Crippen MR) is 60.6 cm³/mol. The minimum absolute atomic E-state index is 0.102. The number of hydrogen-bond donors (Lipinski definition) is 0. The Bertz CT molecular complexity index is 373. The van der Waals surface area contributed by atoms with Gasteiger partial charge in [-0.05, 0) is 40.8 Å². The fourth-order valence-electron chi connectivity index (χ4n) is 0.829. The molecule has 0 saturated carbocycles. The molecule has 0 atom stereocenters. The first-order valence-corrected chi connectivity index (χ1v) is 5.52. The van der Waals surface area contributed by atoms with Crippen LogP contribution < -0.4 is 4.74 Å². The van der Waals surface area contributed by atoms with E-state index in [4.69, 9.17) is 11.6 Å². The Morgan fingerprint density at radius 2 is 2.00 bits per heavy atom. The molecular formula is C9H6ClF4IO. The van der Waals surface area contributed by atoms with Crippen molar-refractivity contribution < 1.29 is 22.3 Å². The molecule has 0 radical (unpaired) electrons. The average molecular weight is 368 g/mol. The van der Waals surface area contributed by atoms with E-state index in [1.807, 2.05) is 22.6 Å². The van der Waals surface area contributed by atoms with E-state index in [1.54, 1.807) is 0 Å². The summed E-state index contributed by atoms with van der Waals surface area (Å²) in [6, 6.07) is 4.27. The van der Waals surface area contributed by atoms with E-state index in [2.05, 4.69) is 4.74 Å². The van der Waals surface area contributed by atoms with E-state index in [-0.39, 0.29) is 5.75 Å². The van der Waals surface area contributed by atoms with E-state index in [0.29, 0.717) is 8.59 Å². The lowest BCUT2D eigenvalue weighted by Crippen LogP contribution is -2.33. The minimum atomic E-state index is -4.15. The number of alkyl halides is 4. The first kappa shape index (κ1) is 13.8. The van der Waals surface area contributed by atoms with Crippen LogP contribution >= 0.6 is 34.2 Å². The number of hydrogen-bond acceptors (Lipinski definition) is 1. The van der Waals surface area contributed by atoms with Gasteiger partial charge in [0.1, 0.15) is 5.75 Å². The third-order valence-corrected chi connectivity index (χ3v) is 2.71. The Morgan fingerprint density at radius 1 is 1.38 bits per heavy atom. The Morgan fingerprint density at radius 3 is 2.50 bits per heavy atom. The molecule has 7 heteroatoms. The molecule has 0 unspecified atom stereocenters. The molecule has 0 aromatic heterocycles. The zero-order chi connectivity index (χ0) is 12.3. The number of ether oxygens (including phenoxy) is 1. The first-order chi connectivity index (χ1) is 7.33. The van der Waals surface area contributed by atoms with Crippen molar-refractivity contribution in [2.24, 2.45) is 0 Å². The molecule has 1 aromatic carbocycles. The monoisotopic (exact) mass is 368 g/mol. The van der Waals surface area contributed by atoms with E-state index in [0.717, 1.165) is 0 Å². The second kappa shape index (κ2) is 5.39. The van der Waals surface area contributed by atoms with Gasteiger partial charge in [0.15, 0.2) is 6.61 Å². The van der Waals surface area contributed by atoms with Crippen LogP contribution in [0, 0.1) is 3.57 Å². The van der Waals surface area contributed by atoms with Crippen molar-refractivity contribution in [3.05, 3.63) is 26.8 Å². The van der Waals surface area contributed by atoms with Crippen LogP contribution in [0.5, 0.6) is 5.75 Å². The maximum atomic E-state index is 12.5. The van der Waals surface area contributed by atoms with Gasteiger partial charge in [-0.2, -0.15) is 8.78 Å². The van der Waals surface area contributed by atoms with Crippen molar-refractivity contribution in [2.75, 3.05) is 6.61 Å². The van der Waals surface area contributed by atoms with Gasteiger partial charge in [-0.15, -0.1) is 0 Å². The summed E-state index contributed by atoms with van der Waals surface area (Å²) >= 11 is 7.44. The third kappa shape index (κ3) is 3.65. The molecule has 0 aliphatic heterocycles. The van der Waals surface area contributed by atoms with Crippen molar-refractivity contribution in [2.45, 2.75) is 12.3 Å². The van der Waals surface area contributed by atoms with Crippen LogP contribution in [0.15, 0.2) is 18.2 Å². The highest BCUT2D eigenvalue weighted by Crippen LogP contribution is 2.28. The Balaban J connectivity index is 2.68. The molecule has 0 fully saturated rings. The summed E-state index contributed by atoms with van der Waals surface area (Å²) in [4.78, 5) is 0. The molecule has 0 amide bonds. The van der Waals surface area contributed by atoms with Crippen LogP contribution in [0.25, 0.3) is 0 Å². The minimum Gasteiger partial charge on any atom is -0.486 e. The Labute approximate surface area is 108 Å². The molecule has 0 spiro atoms. The number of halogens is 6. The quantitative estimate of drug-likeness (QED) is 0.571. The average Bonchev–Trinajstić information content (AvgIpc) is 2.16. The molecule has 1 rings (SSSR count). The molecular weight excluding hydrogens is 362 g/mol. The first-order valence-electron chi connectivity index (χ1n) is 4.07. The van der Waals surface area contributed by atoms with Gasteiger partial charge in [0.25, 0.3) is 0 Å².